The van der Waals surface area contributed by atoms with Crippen LogP contribution in [0, 0.1) is 6.92 Å². The number of aromatic amines is 1. The third-order valence-electron chi connectivity index (χ3n) is 6.39. The molecule has 6 rings (SSSR count). The summed E-state index contributed by atoms with van der Waals surface area (Å²) in [7, 11) is 0. The minimum absolute atomic E-state index is 0.102. The number of H-pyrrole nitrogens is 1. The van der Waals surface area contributed by atoms with E-state index >= 15 is 0 Å². The summed E-state index contributed by atoms with van der Waals surface area (Å²) in [6.45, 7) is 2.47. The summed E-state index contributed by atoms with van der Waals surface area (Å²) in [5.74, 6) is 0.793. The van der Waals surface area contributed by atoms with Crippen LogP contribution in [0.5, 0.6) is 5.75 Å². The normalized spacial score (nSPS) is 12.4. The van der Waals surface area contributed by atoms with Crippen molar-refractivity contribution in [3.05, 3.63) is 95.9 Å². The number of aromatic nitrogens is 2. The van der Waals surface area contributed by atoms with E-state index in [2.05, 4.69) is 64.1 Å². The van der Waals surface area contributed by atoms with Crippen LogP contribution in [0.1, 0.15) is 11.3 Å². The molecule has 0 aliphatic heterocycles. The Kier molecular flexibility index (Phi) is 5.60. The summed E-state index contributed by atoms with van der Waals surface area (Å²) in [6.07, 6.45) is 4.24. The molecular weight excluding hydrogens is 454 g/mol. The lowest BCUT2D eigenvalue weighted by molar-refractivity contribution is 0.288. The van der Waals surface area contributed by atoms with Crippen LogP contribution in [0.25, 0.3) is 43.2 Å². The Morgan fingerprint density at radius 1 is 1.00 bits per heavy atom. The van der Waals surface area contributed by atoms with E-state index in [4.69, 9.17) is 14.9 Å². The highest BCUT2D eigenvalue weighted by atomic mass is 32.1. The lowest BCUT2D eigenvalue weighted by Crippen LogP contribution is -2.30. The fourth-order valence-corrected chi connectivity index (χ4v) is 5.54. The Morgan fingerprint density at radius 3 is 2.80 bits per heavy atom. The van der Waals surface area contributed by atoms with Gasteiger partial charge in [-0.15, -0.1) is 11.3 Å². The van der Waals surface area contributed by atoms with Crippen LogP contribution in [0.3, 0.4) is 0 Å². The Balaban J connectivity index is 1.27. The molecule has 3 aromatic carbocycles. The molecular formula is C29H25N3O2S. The van der Waals surface area contributed by atoms with Crippen molar-refractivity contribution in [3.8, 4) is 28.0 Å². The van der Waals surface area contributed by atoms with Gasteiger partial charge in [-0.25, -0.2) is 0 Å². The number of hydrogen-bond donors (Lipinski definition) is 2. The largest absolute Gasteiger partial charge is 0.492 e. The maximum atomic E-state index is 6.48. The van der Waals surface area contributed by atoms with Crippen LogP contribution in [-0.2, 0) is 6.42 Å². The molecule has 0 bridgehead atoms. The lowest BCUT2D eigenvalue weighted by atomic mass is 9.95. The summed E-state index contributed by atoms with van der Waals surface area (Å²) in [4.78, 5) is 0. The van der Waals surface area contributed by atoms with Gasteiger partial charge in [-0.05, 0) is 88.8 Å². The van der Waals surface area contributed by atoms with Gasteiger partial charge in [0.1, 0.15) is 12.4 Å². The van der Waals surface area contributed by atoms with Crippen molar-refractivity contribution in [3.63, 3.8) is 0 Å². The molecule has 1 atom stereocenters. The summed E-state index contributed by atoms with van der Waals surface area (Å²) >= 11 is 1.76. The third-order valence-corrected chi connectivity index (χ3v) is 7.40. The van der Waals surface area contributed by atoms with Crippen molar-refractivity contribution < 1.29 is 9.15 Å². The quantitative estimate of drug-likeness (QED) is 0.259. The highest BCUT2D eigenvalue weighted by Crippen LogP contribution is 2.37. The number of thiophene rings is 1. The van der Waals surface area contributed by atoms with Gasteiger partial charge >= 0.3 is 0 Å². The average molecular weight is 480 g/mol. The van der Waals surface area contributed by atoms with Crippen LogP contribution in [0.4, 0.5) is 0 Å². The first kappa shape index (κ1) is 21.6. The number of rotatable bonds is 7. The molecule has 174 valence electrons. The Bertz CT molecular complexity index is 1610. The Hall–Kier alpha value is -3.87. The van der Waals surface area contributed by atoms with Crippen molar-refractivity contribution in [2.45, 2.75) is 19.4 Å². The third kappa shape index (κ3) is 4.22. The second kappa shape index (κ2) is 9.06. The van der Waals surface area contributed by atoms with E-state index in [1.165, 1.54) is 15.6 Å². The topological polar surface area (TPSA) is 77.1 Å². The van der Waals surface area contributed by atoms with Crippen molar-refractivity contribution in [1.82, 2.24) is 10.2 Å². The highest BCUT2D eigenvalue weighted by Gasteiger charge is 2.14. The molecule has 3 heterocycles. The van der Waals surface area contributed by atoms with E-state index in [0.717, 1.165) is 51.0 Å². The van der Waals surface area contributed by atoms with Gasteiger partial charge in [0.05, 0.1) is 18.0 Å². The lowest BCUT2D eigenvalue weighted by Gasteiger charge is -2.16. The second-order valence-corrected chi connectivity index (χ2v) is 9.74. The predicted octanol–water partition coefficient (Wildman–Crippen LogP) is 6.96. The monoisotopic (exact) mass is 479 g/mol. The van der Waals surface area contributed by atoms with E-state index in [1.54, 1.807) is 23.9 Å². The van der Waals surface area contributed by atoms with E-state index in [0.29, 0.717) is 6.61 Å². The van der Waals surface area contributed by atoms with Gasteiger partial charge in [0.25, 0.3) is 0 Å². The van der Waals surface area contributed by atoms with Gasteiger partial charge in [0.2, 0.25) is 0 Å². The van der Waals surface area contributed by atoms with Gasteiger partial charge in [0.15, 0.2) is 0 Å². The van der Waals surface area contributed by atoms with Gasteiger partial charge in [0, 0.05) is 27.4 Å². The highest BCUT2D eigenvalue weighted by molar-refractivity contribution is 7.17. The zero-order valence-corrected chi connectivity index (χ0v) is 20.1. The first-order chi connectivity index (χ1) is 17.2. The molecule has 0 spiro atoms. The number of nitrogens with one attached hydrogen (secondary N) is 1. The molecule has 0 fully saturated rings. The Morgan fingerprint density at radius 2 is 1.91 bits per heavy atom. The maximum absolute atomic E-state index is 6.48. The molecule has 3 aromatic heterocycles. The van der Waals surface area contributed by atoms with Crippen molar-refractivity contribution in [2.24, 2.45) is 5.73 Å². The predicted molar refractivity (Wildman–Crippen MR) is 143 cm³/mol. The summed E-state index contributed by atoms with van der Waals surface area (Å²) in [5.41, 5.74) is 14.0. The molecule has 6 aromatic rings. The van der Waals surface area contributed by atoms with Crippen LogP contribution in [0.15, 0.2) is 89.1 Å². The van der Waals surface area contributed by atoms with E-state index in [9.17, 15) is 0 Å². The molecule has 0 saturated carbocycles. The molecule has 0 saturated heterocycles. The zero-order valence-electron chi connectivity index (χ0n) is 19.3. The van der Waals surface area contributed by atoms with E-state index < -0.39 is 0 Å². The summed E-state index contributed by atoms with van der Waals surface area (Å²) in [5, 5.41) is 12.0. The van der Waals surface area contributed by atoms with E-state index in [-0.39, 0.29) is 6.04 Å². The number of fused-ring (bicyclic) bond motifs is 2. The second-order valence-electron chi connectivity index (χ2n) is 8.83. The Labute approximate surface area is 207 Å². The van der Waals surface area contributed by atoms with Gasteiger partial charge < -0.3 is 14.9 Å². The minimum atomic E-state index is -0.102. The first-order valence-electron chi connectivity index (χ1n) is 11.6. The molecule has 5 nitrogen and oxygen atoms in total. The van der Waals surface area contributed by atoms with Crippen molar-refractivity contribution in [2.75, 3.05) is 6.61 Å². The van der Waals surface area contributed by atoms with Crippen LogP contribution >= 0.6 is 11.3 Å². The number of ether oxygens (including phenoxy) is 1. The molecule has 35 heavy (non-hydrogen) atoms. The number of nitrogens with zero attached hydrogens (tertiary/aromatic N) is 1. The molecule has 6 heteroatoms. The molecule has 0 aliphatic rings. The maximum Gasteiger partial charge on any atom is 0.120 e. The fourth-order valence-electron chi connectivity index (χ4n) is 4.56. The number of benzene rings is 3. The number of hydrogen-bond acceptors (Lipinski definition) is 5. The number of nitrogens with two attached hydrogens (primary N) is 1. The molecule has 0 unspecified atom stereocenters. The standard InChI is InChI=1S/C29H25N3O2S/c1-18-26-13-19(6-9-28(26)32-31-18)27-14-23(7-8-24(27)20-10-11-33-15-20)34-16-22(30)12-21-17-35-29-5-3-2-4-25(21)29/h2-11,13-15,17,22H,12,16,30H2,1H3,(H,31,32)/t22-/m0/s1. The molecule has 0 radical (unpaired) electrons. The smallest absolute Gasteiger partial charge is 0.120 e. The number of furan rings is 1. The minimum Gasteiger partial charge on any atom is -0.492 e. The van der Waals surface area contributed by atoms with E-state index in [1.807, 2.05) is 25.1 Å². The van der Waals surface area contributed by atoms with Crippen LogP contribution < -0.4 is 10.5 Å². The van der Waals surface area contributed by atoms with Crippen LogP contribution in [-0.4, -0.2) is 22.8 Å². The van der Waals surface area contributed by atoms with Gasteiger partial charge in [-0.1, -0.05) is 24.3 Å². The fraction of sp³-hybridized carbons (Fsp3) is 0.138. The van der Waals surface area contributed by atoms with Crippen molar-refractivity contribution >= 4 is 32.3 Å². The number of aryl methyl sites for hydroxylation is 1. The molecule has 3 N–H and O–H groups in total. The van der Waals surface area contributed by atoms with Crippen LogP contribution in [0.2, 0.25) is 0 Å². The van der Waals surface area contributed by atoms with Gasteiger partial charge in [-0.2, -0.15) is 5.10 Å². The zero-order chi connectivity index (χ0) is 23.8. The van der Waals surface area contributed by atoms with Crippen molar-refractivity contribution in [1.29, 1.82) is 0 Å². The average Bonchev–Trinajstić information content (AvgIpc) is 3.64. The summed E-state index contributed by atoms with van der Waals surface area (Å²) in [6, 6.07) is 22.8. The van der Waals surface area contributed by atoms with Gasteiger partial charge in [-0.3, -0.25) is 5.10 Å². The summed E-state index contributed by atoms with van der Waals surface area (Å²) < 4.78 is 12.9. The molecule has 0 amide bonds. The SMILES string of the molecule is Cc1[nH]nc2ccc(-c3cc(OC[C@@H](N)Cc4csc5ccccc45)ccc3-c3ccoc3)cc12. The first-order valence-corrected chi connectivity index (χ1v) is 12.5. The molecule has 0 aliphatic carbocycles.